The molecule has 0 atom stereocenters. The Hall–Kier alpha value is 0.668. The van der Waals surface area contributed by atoms with Crippen LogP contribution in [0.1, 0.15) is 27.7 Å². The van der Waals surface area contributed by atoms with Crippen molar-refractivity contribution in [2.75, 3.05) is 26.4 Å². The van der Waals surface area contributed by atoms with Gasteiger partial charge in [-0.25, -0.2) is 0 Å². The third-order valence-corrected chi connectivity index (χ3v) is 19.0. The summed E-state index contributed by atoms with van der Waals surface area (Å²) in [5.74, 6) is 0. The van der Waals surface area contributed by atoms with Crippen molar-refractivity contribution in [2.45, 2.75) is 91.2 Å². The molecule has 0 aliphatic heterocycles. The van der Waals surface area contributed by atoms with E-state index in [4.69, 9.17) is 21.8 Å². The van der Waals surface area contributed by atoms with E-state index in [1.54, 1.807) is 0 Å². The summed E-state index contributed by atoms with van der Waals surface area (Å²) in [5.41, 5.74) is 0. The van der Waals surface area contributed by atoms with E-state index in [9.17, 15) is 0 Å². The number of rotatable bonds is 16. The molecule has 0 N–H and O–H groups in total. The van der Waals surface area contributed by atoms with Crippen molar-refractivity contribution in [1.29, 1.82) is 0 Å². The molecule has 0 spiro atoms. The van der Waals surface area contributed by atoms with Gasteiger partial charge in [0.2, 0.25) is 0 Å². The summed E-state index contributed by atoms with van der Waals surface area (Å²) in [5, 5.41) is 0. The summed E-state index contributed by atoms with van der Waals surface area (Å²) in [6.45, 7) is 24.9. The van der Waals surface area contributed by atoms with E-state index in [1.165, 1.54) is 0 Å². The Morgan fingerprint density at radius 2 is 0.704 bits per heavy atom. The summed E-state index contributed by atoms with van der Waals surface area (Å²) < 4.78 is 30.9. The van der Waals surface area contributed by atoms with Crippen LogP contribution in [-0.4, -0.2) is 60.2 Å². The van der Waals surface area contributed by atoms with Crippen LogP contribution in [-0.2, 0) is 21.8 Å². The maximum absolute atomic E-state index is 6.83. The zero-order valence-electron chi connectivity index (χ0n) is 19.7. The van der Waals surface area contributed by atoms with E-state index < -0.39 is 33.8 Å². The van der Waals surface area contributed by atoms with Crippen LogP contribution in [0.15, 0.2) is 0 Å². The average Bonchev–Trinajstić information content (AvgIpc) is 2.52. The van der Waals surface area contributed by atoms with Gasteiger partial charge >= 0.3 is 17.1 Å². The van der Waals surface area contributed by atoms with Gasteiger partial charge in [0.15, 0.2) is 16.6 Å². The highest BCUT2D eigenvalue weighted by Gasteiger charge is 2.40. The third kappa shape index (κ3) is 12.1. The smallest absolute Gasteiger partial charge is 0.334 e. The standard InChI is InChI=1S/C18H46O5Si4/c1-11-19-26(9,20-12-2)17-15-24(5,6)23-25(7,8)16-18-27(10,21-13-3)22-14-4/h11-18H2,1-10H3. The van der Waals surface area contributed by atoms with Gasteiger partial charge in [0.1, 0.15) is 0 Å². The zero-order chi connectivity index (χ0) is 21.2. The van der Waals surface area contributed by atoms with E-state index in [0.717, 1.165) is 50.6 Å². The van der Waals surface area contributed by atoms with E-state index in [1.807, 2.05) is 0 Å². The Morgan fingerprint density at radius 1 is 0.444 bits per heavy atom. The summed E-state index contributed by atoms with van der Waals surface area (Å²) in [6, 6.07) is 4.22. The Morgan fingerprint density at radius 3 is 0.926 bits per heavy atom. The Labute approximate surface area is 173 Å². The Kier molecular flexibility index (Phi) is 12.7. The molecule has 0 aromatic heterocycles. The zero-order valence-corrected chi connectivity index (χ0v) is 23.7. The van der Waals surface area contributed by atoms with E-state index in [0.29, 0.717) is 0 Å². The molecule has 0 aliphatic carbocycles. The van der Waals surface area contributed by atoms with Crippen molar-refractivity contribution in [1.82, 2.24) is 0 Å². The molecule has 0 aromatic rings. The largest absolute Gasteiger partial charge is 0.456 e. The highest BCUT2D eigenvalue weighted by molar-refractivity contribution is 6.86. The summed E-state index contributed by atoms with van der Waals surface area (Å²) in [4.78, 5) is 0. The third-order valence-electron chi connectivity index (χ3n) is 4.71. The molecule has 27 heavy (non-hydrogen) atoms. The van der Waals surface area contributed by atoms with Gasteiger partial charge in [0.05, 0.1) is 0 Å². The highest BCUT2D eigenvalue weighted by atomic mass is 28.4. The van der Waals surface area contributed by atoms with E-state index in [2.05, 4.69) is 67.0 Å². The minimum Gasteiger partial charge on any atom is -0.456 e. The fourth-order valence-corrected chi connectivity index (χ4v) is 21.9. The average molecular weight is 455 g/mol. The van der Waals surface area contributed by atoms with Crippen LogP contribution in [0.3, 0.4) is 0 Å². The minimum atomic E-state index is -2.07. The monoisotopic (exact) mass is 454 g/mol. The van der Waals surface area contributed by atoms with Crippen LogP contribution in [0.4, 0.5) is 0 Å². The highest BCUT2D eigenvalue weighted by Crippen LogP contribution is 2.29. The quantitative estimate of drug-likeness (QED) is 0.280. The second kappa shape index (κ2) is 12.4. The van der Waals surface area contributed by atoms with Gasteiger partial charge in [-0.2, -0.15) is 0 Å². The van der Waals surface area contributed by atoms with Crippen molar-refractivity contribution >= 4 is 33.8 Å². The first-order chi connectivity index (χ1) is 12.4. The van der Waals surface area contributed by atoms with Gasteiger partial charge in [0, 0.05) is 26.4 Å². The van der Waals surface area contributed by atoms with Crippen LogP contribution < -0.4 is 0 Å². The molecule has 0 bridgehead atoms. The Balaban J connectivity index is 4.78. The van der Waals surface area contributed by atoms with Crippen molar-refractivity contribution in [3.63, 3.8) is 0 Å². The molecule has 164 valence electrons. The van der Waals surface area contributed by atoms with E-state index >= 15 is 0 Å². The predicted octanol–water partition coefficient (Wildman–Crippen LogP) is 5.70. The number of hydrogen-bond acceptors (Lipinski definition) is 5. The first-order valence-corrected chi connectivity index (χ1v) is 21.9. The maximum atomic E-state index is 6.83. The molecule has 0 unspecified atom stereocenters. The van der Waals surface area contributed by atoms with Gasteiger partial charge in [-0.3, -0.25) is 0 Å². The normalized spacial score (nSPS) is 14.0. The minimum absolute atomic E-state index is 0.726. The van der Waals surface area contributed by atoms with E-state index in [-0.39, 0.29) is 0 Å². The van der Waals surface area contributed by atoms with Crippen molar-refractivity contribution in [3.05, 3.63) is 0 Å². The first-order valence-electron chi connectivity index (χ1n) is 10.6. The molecule has 0 fully saturated rings. The molecule has 0 saturated carbocycles. The summed E-state index contributed by atoms with van der Waals surface area (Å²) in [7, 11) is -7.67. The topological polar surface area (TPSA) is 46.2 Å². The molecule has 0 heterocycles. The van der Waals surface area contributed by atoms with Crippen molar-refractivity contribution in [3.8, 4) is 0 Å². The van der Waals surface area contributed by atoms with Crippen LogP contribution in [0.2, 0.25) is 63.5 Å². The van der Waals surface area contributed by atoms with Gasteiger partial charge in [-0.15, -0.1) is 0 Å². The molecule has 5 nitrogen and oxygen atoms in total. The second-order valence-corrected chi connectivity index (χ2v) is 24.2. The Bertz CT molecular complexity index is 359. The maximum Gasteiger partial charge on any atom is 0.334 e. The lowest BCUT2D eigenvalue weighted by Crippen LogP contribution is -2.48. The van der Waals surface area contributed by atoms with Crippen LogP contribution in [0, 0.1) is 0 Å². The predicted molar refractivity (Wildman–Crippen MR) is 125 cm³/mol. The van der Waals surface area contributed by atoms with Gasteiger partial charge in [-0.1, -0.05) is 0 Å². The van der Waals surface area contributed by atoms with Crippen LogP contribution in [0.25, 0.3) is 0 Å². The summed E-state index contributed by atoms with van der Waals surface area (Å²) >= 11 is 0. The van der Waals surface area contributed by atoms with Crippen molar-refractivity contribution in [2.24, 2.45) is 0 Å². The van der Waals surface area contributed by atoms with Crippen LogP contribution >= 0.6 is 0 Å². The molecule has 0 rings (SSSR count). The second-order valence-electron chi connectivity index (χ2n) is 8.62. The molecule has 9 heteroatoms. The lowest BCUT2D eigenvalue weighted by Gasteiger charge is -2.37. The lowest BCUT2D eigenvalue weighted by atomic mass is 10.9. The number of hydrogen-bond donors (Lipinski definition) is 0. The molecule has 0 amide bonds. The van der Waals surface area contributed by atoms with Crippen molar-refractivity contribution < 1.29 is 21.8 Å². The summed E-state index contributed by atoms with van der Waals surface area (Å²) in [6.07, 6.45) is 0. The molecule has 0 saturated heterocycles. The molecular weight excluding hydrogens is 409 g/mol. The van der Waals surface area contributed by atoms with Gasteiger partial charge in [0.25, 0.3) is 0 Å². The fourth-order valence-electron chi connectivity index (χ4n) is 3.50. The van der Waals surface area contributed by atoms with Gasteiger partial charge < -0.3 is 21.8 Å². The first kappa shape index (κ1) is 27.7. The fraction of sp³-hybridized carbons (Fsp3) is 1.00. The molecule has 0 radical (unpaired) electrons. The van der Waals surface area contributed by atoms with Crippen LogP contribution in [0.5, 0.6) is 0 Å². The molecule has 0 aromatic carbocycles. The lowest BCUT2D eigenvalue weighted by molar-refractivity contribution is 0.189. The molecular formula is C18H46O5Si4. The molecule has 0 aliphatic rings. The SMILES string of the molecule is CCO[Si](C)(CC[Si](C)(C)O[Si](C)(C)CC[Si](C)(OCC)OCC)OCC. The van der Waals surface area contributed by atoms with Gasteiger partial charge in [-0.05, 0) is 91.2 Å².